The van der Waals surface area contributed by atoms with Crippen LogP contribution in [0.4, 0.5) is 0 Å². The highest BCUT2D eigenvalue weighted by molar-refractivity contribution is 5.77. The lowest BCUT2D eigenvalue weighted by atomic mass is 9.86. The normalized spacial score (nSPS) is 31.1. The first-order chi connectivity index (χ1) is 7.29. The lowest BCUT2D eigenvalue weighted by molar-refractivity contribution is 0.326. The predicted molar refractivity (Wildman–Crippen MR) is 63.7 cm³/mol. The smallest absolute Gasteiger partial charge is 0.188 e. The average Bonchev–Trinajstić information content (AvgIpc) is 2.91. The molecule has 2 aliphatic rings. The van der Waals surface area contributed by atoms with E-state index in [4.69, 9.17) is 5.73 Å². The molecule has 0 unspecified atom stereocenters. The van der Waals surface area contributed by atoms with Crippen molar-refractivity contribution in [1.29, 1.82) is 0 Å². The van der Waals surface area contributed by atoms with Crippen molar-refractivity contribution in [3.05, 3.63) is 0 Å². The van der Waals surface area contributed by atoms with Crippen LogP contribution >= 0.6 is 0 Å². The molecule has 2 aliphatic carbocycles. The van der Waals surface area contributed by atoms with Gasteiger partial charge < -0.3 is 11.1 Å². The Bertz CT molecular complexity index is 233. The fraction of sp³-hybridized carbons (Fsp3) is 0.917. The fourth-order valence-electron chi connectivity index (χ4n) is 2.25. The highest BCUT2D eigenvalue weighted by Gasteiger charge is 2.34. The highest BCUT2D eigenvalue weighted by Crippen LogP contribution is 2.40. The molecule has 0 spiro atoms. The summed E-state index contributed by atoms with van der Waals surface area (Å²) in [6, 6.07) is 0. The number of nitrogens with two attached hydrogens (primary N) is 1. The quantitative estimate of drug-likeness (QED) is 0.535. The topological polar surface area (TPSA) is 50.4 Å². The molecule has 0 aromatic carbocycles. The van der Waals surface area contributed by atoms with Crippen LogP contribution in [-0.2, 0) is 0 Å². The number of hydrogen-bond acceptors (Lipinski definition) is 1. The SMILES string of the molecule is CC[C@@H]1C[C@H]1CNC(N)=NCC1CCC1. The molecule has 0 heterocycles. The van der Waals surface area contributed by atoms with Crippen LogP contribution < -0.4 is 11.1 Å². The molecule has 2 fully saturated rings. The maximum Gasteiger partial charge on any atom is 0.188 e. The average molecular weight is 209 g/mol. The summed E-state index contributed by atoms with van der Waals surface area (Å²) in [4.78, 5) is 4.38. The van der Waals surface area contributed by atoms with Gasteiger partial charge in [0.15, 0.2) is 5.96 Å². The first-order valence-electron chi connectivity index (χ1n) is 6.33. The monoisotopic (exact) mass is 209 g/mol. The number of guanidine groups is 1. The van der Waals surface area contributed by atoms with Gasteiger partial charge in [0.05, 0.1) is 0 Å². The number of aliphatic imine (C=N–C) groups is 1. The zero-order valence-corrected chi connectivity index (χ0v) is 9.71. The molecule has 3 heteroatoms. The summed E-state index contributed by atoms with van der Waals surface area (Å²) in [5.41, 5.74) is 5.80. The van der Waals surface area contributed by atoms with E-state index in [0.717, 1.165) is 30.8 Å². The Balaban J connectivity index is 1.57. The van der Waals surface area contributed by atoms with Crippen LogP contribution in [0.1, 0.15) is 39.0 Å². The summed E-state index contributed by atoms with van der Waals surface area (Å²) in [6.45, 7) is 4.22. The van der Waals surface area contributed by atoms with Gasteiger partial charge in [0, 0.05) is 13.1 Å². The molecule has 86 valence electrons. The molecule has 2 saturated carbocycles. The Hall–Kier alpha value is -0.730. The van der Waals surface area contributed by atoms with E-state index in [1.807, 2.05) is 0 Å². The van der Waals surface area contributed by atoms with E-state index in [9.17, 15) is 0 Å². The zero-order valence-electron chi connectivity index (χ0n) is 9.71. The first-order valence-corrected chi connectivity index (χ1v) is 6.33. The minimum atomic E-state index is 0.656. The van der Waals surface area contributed by atoms with Crippen LogP contribution in [0.3, 0.4) is 0 Å². The summed E-state index contributed by atoms with van der Waals surface area (Å²) in [5.74, 6) is 3.27. The van der Waals surface area contributed by atoms with Gasteiger partial charge in [0.1, 0.15) is 0 Å². The second-order valence-corrected chi connectivity index (χ2v) is 5.07. The summed E-state index contributed by atoms with van der Waals surface area (Å²) in [5, 5.41) is 3.24. The fourth-order valence-corrected chi connectivity index (χ4v) is 2.25. The third-order valence-electron chi connectivity index (χ3n) is 3.88. The molecular weight excluding hydrogens is 186 g/mol. The van der Waals surface area contributed by atoms with Crippen molar-refractivity contribution in [2.75, 3.05) is 13.1 Å². The highest BCUT2D eigenvalue weighted by atomic mass is 15.1. The summed E-state index contributed by atoms with van der Waals surface area (Å²) < 4.78 is 0. The molecule has 0 amide bonds. The molecule has 0 radical (unpaired) electrons. The third kappa shape index (κ3) is 3.11. The van der Waals surface area contributed by atoms with Crippen molar-refractivity contribution >= 4 is 5.96 Å². The summed E-state index contributed by atoms with van der Waals surface area (Å²) >= 11 is 0. The Morgan fingerprint density at radius 1 is 1.40 bits per heavy atom. The maximum absolute atomic E-state index is 5.80. The van der Waals surface area contributed by atoms with Crippen LogP contribution in [0.5, 0.6) is 0 Å². The zero-order chi connectivity index (χ0) is 10.7. The van der Waals surface area contributed by atoms with Gasteiger partial charge >= 0.3 is 0 Å². The Morgan fingerprint density at radius 3 is 2.73 bits per heavy atom. The Morgan fingerprint density at radius 2 is 2.20 bits per heavy atom. The number of rotatable bonds is 5. The number of nitrogens with zero attached hydrogens (tertiary/aromatic N) is 1. The van der Waals surface area contributed by atoms with Crippen LogP contribution in [0.2, 0.25) is 0 Å². The van der Waals surface area contributed by atoms with Crippen LogP contribution in [-0.4, -0.2) is 19.0 Å². The largest absolute Gasteiger partial charge is 0.370 e. The van der Waals surface area contributed by atoms with Crippen LogP contribution in [0.25, 0.3) is 0 Å². The van der Waals surface area contributed by atoms with Crippen molar-refractivity contribution in [3.63, 3.8) is 0 Å². The van der Waals surface area contributed by atoms with Crippen molar-refractivity contribution in [2.24, 2.45) is 28.5 Å². The van der Waals surface area contributed by atoms with Gasteiger partial charge in [0.2, 0.25) is 0 Å². The van der Waals surface area contributed by atoms with E-state index in [1.54, 1.807) is 0 Å². The number of nitrogens with one attached hydrogen (secondary N) is 1. The van der Waals surface area contributed by atoms with Crippen LogP contribution in [0.15, 0.2) is 4.99 Å². The van der Waals surface area contributed by atoms with E-state index >= 15 is 0 Å². The molecule has 3 nitrogen and oxygen atoms in total. The minimum Gasteiger partial charge on any atom is -0.370 e. The summed E-state index contributed by atoms with van der Waals surface area (Å²) in [7, 11) is 0. The van der Waals surface area contributed by atoms with Crippen molar-refractivity contribution in [2.45, 2.75) is 39.0 Å². The van der Waals surface area contributed by atoms with Crippen molar-refractivity contribution in [1.82, 2.24) is 5.32 Å². The molecule has 2 atom stereocenters. The van der Waals surface area contributed by atoms with E-state index in [0.29, 0.717) is 5.96 Å². The van der Waals surface area contributed by atoms with Gasteiger partial charge in [-0.25, -0.2) is 0 Å². The van der Waals surface area contributed by atoms with E-state index in [-0.39, 0.29) is 0 Å². The molecule has 0 aliphatic heterocycles. The minimum absolute atomic E-state index is 0.656. The van der Waals surface area contributed by atoms with Gasteiger partial charge in [-0.1, -0.05) is 19.8 Å². The molecule has 0 aromatic rings. The second kappa shape index (κ2) is 4.86. The van der Waals surface area contributed by atoms with Gasteiger partial charge in [0.25, 0.3) is 0 Å². The molecule has 0 bridgehead atoms. The number of hydrogen-bond donors (Lipinski definition) is 2. The lowest BCUT2D eigenvalue weighted by Crippen LogP contribution is -2.34. The predicted octanol–water partition coefficient (Wildman–Crippen LogP) is 1.74. The maximum atomic E-state index is 5.80. The lowest BCUT2D eigenvalue weighted by Gasteiger charge is -2.23. The first kappa shape index (κ1) is 10.8. The van der Waals surface area contributed by atoms with Gasteiger partial charge in [-0.05, 0) is 37.0 Å². The van der Waals surface area contributed by atoms with Crippen LogP contribution in [0, 0.1) is 17.8 Å². The van der Waals surface area contributed by atoms with Crippen molar-refractivity contribution in [3.8, 4) is 0 Å². The molecular formula is C12H23N3. The van der Waals surface area contributed by atoms with Gasteiger partial charge in [-0.2, -0.15) is 0 Å². The van der Waals surface area contributed by atoms with E-state index in [1.165, 1.54) is 32.1 Å². The van der Waals surface area contributed by atoms with E-state index < -0.39 is 0 Å². The molecule has 2 rings (SSSR count). The van der Waals surface area contributed by atoms with Crippen molar-refractivity contribution < 1.29 is 0 Å². The molecule has 15 heavy (non-hydrogen) atoms. The van der Waals surface area contributed by atoms with Gasteiger partial charge in [-0.3, -0.25) is 4.99 Å². The summed E-state index contributed by atoms with van der Waals surface area (Å²) in [6.07, 6.45) is 6.76. The van der Waals surface area contributed by atoms with E-state index in [2.05, 4.69) is 17.2 Å². The second-order valence-electron chi connectivity index (χ2n) is 5.07. The standard InChI is InChI=1S/C12H23N3/c1-2-10-6-11(10)8-15-12(13)14-7-9-4-3-5-9/h9-11H,2-8H2,1H3,(H3,13,14,15)/t10-,11+/m1/s1. The third-order valence-corrected chi connectivity index (χ3v) is 3.88. The molecule has 0 aromatic heterocycles. The molecule has 3 N–H and O–H groups in total. The Labute approximate surface area is 92.5 Å². The Kier molecular flexibility index (Phi) is 3.49. The van der Waals surface area contributed by atoms with Gasteiger partial charge in [-0.15, -0.1) is 0 Å². The molecule has 0 saturated heterocycles.